The Morgan fingerprint density at radius 1 is 1.43 bits per heavy atom. The van der Waals surface area contributed by atoms with E-state index in [1.165, 1.54) is 0 Å². The topological polar surface area (TPSA) is 37.0 Å². The quantitative estimate of drug-likeness (QED) is 0.564. The molecule has 2 unspecified atom stereocenters. The Kier molecular flexibility index (Phi) is 2.93. The summed E-state index contributed by atoms with van der Waals surface area (Å²) in [5.74, 6) is 0. The molecule has 3 nitrogen and oxygen atoms in total. The molecule has 1 fully saturated rings. The molecule has 0 bridgehead atoms. The van der Waals surface area contributed by atoms with Crippen molar-refractivity contribution < 1.29 is 0 Å². The first-order chi connectivity index (χ1) is 6.71. The van der Waals surface area contributed by atoms with Crippen LogP contribution < -0.4 is 10.6 Å². The van der Waals surface area contributed by atoms with Crippen molar-refractivity contribution >= 4 is 23.2 Å². The molecular formula is C9H11Cl2N3. The van der Waals surface area contributed by atoms with Crippen molar-refractivity contribution in [1.82, 2.24) is 15.6 Å². The number of nitrogens with one attached hydrogen (secondary N) is 2. The van der Waals surface area contributed by atoms with E-state index < -0.39 is 5.00 Å². The zero-order valence-corrected chi connectivity index (χ0v) is 9.02. The average Bonchev–Trinajstić information content (AvgIpc) is 2.19. The van der Waals surface area contributed by atoms with Gasteiger partial charge >= 0.3 is 0 Å². The second kappa shape index (κ2) is 4.03. The van der Waals surface area contributed by atoms with Gasteiger partial charge in [-0.2, -0.15) is 0 Å². The molecule has 0 saturated carbocycles. The number of alkyl halides is 2. The van der Waals surface area contributed by atoms with Crippen LogP contribution in [-0.4, -0.2) is 23.6 Å². The van der Waals surface area contributed by atoms with E-state index in [9.17, 15) is 0 Å². The zero-order chi connectivity index (χ0) is 10.0. The lowest BCUT2D eigenvalue weighted by atomic mass is 10.1. The van der Waals surface area contributed by atoms with E-state index in [1.807, 2.05) is 12.1 Å². The maximum absolute atomic E-state index is 6.41. The number of halogens is 2. The number of hydrogen-bond donors (Lipinski definition) is 2. The summed E-state index contributed by atoms with van der Waals surface area (Å²) in [5, 5.41) is 6.33. The van der Waals surface area contributed by atoms with Crippen molar-refractivity contribution in [3.05, 3.63) is 30.1 Å². The number of nitrogens with zero attached hydrogens (tertiary/aromatic N) is 1. The molecule has 1 aromatic rings. The van der Waals surface area contributed by atoms with Crippen molar-refractivity contribution in [2.24, 2.45) is 0 Å². The number of hydrogen-bond acceptors (Lipinski definition) is 3. The van der Waals surface area contributed by atoms with E-state index in [-0.39, 0.29) is 5.50 Å². The minimum Gasteiger partial charge on any atom is -0.311 e. The largest absolute Gasteiger partial charge is 0.311 e. The van der Waals surface area contributed by atoms with Crippen LogP contribution in [0, 0.1) is 0 Å². The molecule has 0 spiro atoms. The smallest absolute Gasteiger partial charge is 0.133 e. The molecule has 0 aliphatic carbocycles. The van der Waals surface area contributed by atoms with Crippen LogP contribution in [0.4, 0.5) is 0 Å². The fourth-order valence-electron chi connectivity index (χ4n) is 1.52. The molecule has 5 heteroatoms. The van der Waals surface area contributed by atoms with Gasteiger partial charge in [-0.3, -0.25) is 10.3 Å². The first-order valence-corrected chi connectivity index (χ1v) is 5.24. The average molecular weight is 232 g/mol. The molecule has 2 heterocycles. The maximum Gasteiger partial charge on any atom is 0.133 e. The van der Waals surface area contributed by atoms with Gasteiger partial charge in [0.25, 0.3) is 0 Å². The lowest BCUT2D eigenvalue weighted by molar-refractivity contribution is 0.360. The number of pyridine rings is 1. The summed E-state index contributed by atoms with van der Waals surface area (Å²) in [6, 6.07) is 3.77. The van der Waals surface area contributed by atoms with E-state index in [0.29, 0.717) is 6.54 Å². The maximum atomic E-state index is 6.41. The van der Waals surface area contributed by atoms with Crippen molar-refractivity contribution in [3.8, 4) is 0 Å². The Hall–Kier alpha value is -0.350. The highest BCUT2D eigenvalue weighted by Crippen LogP contribution is 2.27. The van der Waals surface area contributed by atoms with Crippen LogP contribution >= 0.6 is 23.2 Å². The molecule has 2 rings (SSSR count). The minimum atomic E-state index is -0.617. The van der Waals surface area contributed by atoms with Crippen LogP contribution in [0.15, 0.2) is 24.5 Å². The number of rotatable bonds is 1. The van der Waals surface area contributed by atoms with E-state index in [1.54, 1.807) is 12.4 Å². The van der Waals surface area contributed by atoms with Gasteiger partial charge in [0, 0.05) is 25.5 Å². The molecule has 1 aliphatic heterocycles. The summed E-state index contributed by atoms with van der Waals surface area (Å²) in [5.41, 5.74) is 0.835. The predicted molar refractivity (Wildman–Crippen MR) is 57.4 cm³/mol. The monoisotopic (exact) mass is 231 g/mol. The molecule has 0 radical (unpaired) electrons. The Morgan fingerprint density at radius 2 is 2.14 bits per heavy atom. The molecule has 2 atom stereocenters. The minimum absolute atomic E-state index is 0.144. The molecule has 14 heavy (non-hydrogen) atoms. The first-order valence-electron chi connectivity index (χ1n) is 4.43. The summed E-state index contributed by atoms with van der Waals surface area (Å²) < 4.78 is 0. The highest BCUT2D eigenvalue weighted by atomic mass is 35.5. The van der Waals surface area contributed by atoms with Gasteiger partial charge in [-0.05, 0) is 17.7 Å². The normalized spacial score (nSPS) is 32.9. The van der Waals surface area contributed by atoms with Crippen LogP contribution in [0.5, 0.6) is 0 Å². The Balaban J connectivity index is 2.23. The Labute approximate surface area is 92.8 Å². The molecule has 1 aliphatic rings. The van der Waals surface area contributed by atoms with Crippen LogP contribution in [0.3, 0.4) is 0 Å². The standard InChI is InChI=1S/C9H11Cl2N3/c10-8-5-13-6-9(11,14-8)7-1-3-12-4-2-7/h1-4,8,13-14H,5-6H2. The van der Waals surface area contributed by atoms with Gasteiger partial charge in [0.1, 0.15) is 5.00 Å². The molecular weight excluding hydrogens is 221 g/mol. The second-order valence-electron chi connectivity index (χ2n) is 3.28. The molecule has 2 N–H and O–H groups in total. The van der Waals surface area contributed by atoms with Crippen molar-refractivity contribution in [1.29, 1.82) is 0 Å². The Bertz CT molecular complexity index is 306. The SMILES string of the molecule is ClC1CNCC(Cl)(c2ccncc2)N1. The van der Waals surface area contributed by atoms with Gasteiger partial charge in [-0.25, -0.2) is 0 Å². The van der Waals surface area contributed by atoms with E-state index in [4.69, 9.17) is 23.2 Å². The Morgan fingerprint density at radius 3 is 2.79 bits per heavy atom. The second-order valence-corrected chi connectivity index (χ2v) is 4.45. The molecule has 1 aromatic heterocycles. The van der Waals surface area contributed by atoms with Crippen molar-refractivity contribution in [2.45, 2.75) is 10.5 Å². The van der Waals surface area contributed by atoms with Crippen LogP contribution in [0.1, 0.15) is 5.56 Å². The van der Waals surface area contributed by atoms with Crippen molar-refractivity contribution in [3.63, 3.8) is 0 Å². The summed E-state index contributed by atoms with van der Waals surface area (Å²) in [7, 11) is 0. The van der Waals surface area contributed by atoms with Crippen molar-refractivity contribution in [2.75, 3.05) is 13.1 Å². The summed E-state index contributed by atoms with van der Waals surface area (Å²) in [4.78, 5) is 3.33. The van der Waals surface area contributed by atoms with E-state index >= 15 is 0 Å². The summed E-state index contributed by atoms with van der Waals surface area (Å²) >= 11 is 12.4. The fraction of sp³-hybridized carbons (Fsp3) is 0.444. The van der Waals surface area contributed by atoms with Gasteiger partial charge in [0.05, 0.1) is 5.50 Å². The fourth-order valence-corrected chi connectivity index (χ4v) is 2.23. The zero-order valence-electron chi connectivity index (χ0n) is 7.50. The predicted octanol–water partition coefficient (Wildman–Crippen LogP) is 1.23. The van der Waals surface area contributed by atoms with Gasteiger partial charge in [-0.15, -0.1) is 11.6 Å². The molecule has 1 saturated heterocycles. The third kappa shape index (κ3) is 2.01. The summed E-state index contributed by atoms with van der Waals surface area (Å²) in [6.07, 6.45) is 3.44. The van der Waals surface area contributed by atoms with Gasteiger partial charge in [0.15, 0.2) is 0 Å². The third-order valence-electron chi connectivity index (χ3n) is 2.22. The lowest BCUT2D eigenvalue weighted by Crippen LogP contribution is -2.57. The van der Waals surface area contributed by atoms with Crippen LogP contribution in [-0.2, 0) is 5.00 Å². The lowest BCUT2D eigenvalue weighted by Gasteiger charge is -2.36. The molecule has 76 valence electrons. The highest BCUT2D eigenvalue weighted by molar-refractivity contribution is 6.25. The first kappa shape index (κ1) is 10.2. The van der Waals surface area contributed by atoms with E-state index in [2.05, 4.69) is 15.6 Å². The van der Waals surface area contributed by atoms with Crippen LogP contribution in [0.25, 0.3) is 0 Å². The van der Waals surface area contributed by atoms with Gasteiger partial charge in [-0.1, -0.05) is 11.6 Å². The molecule has 0 aromatic carbocycles. The van der Waals surface area contributed by atoms with Gasteiger partial charge < -0.3 is 5.32 Å². The number of aromatic nitrogens is 1. The van der Waals surface area contributed by atoms with Crippen LogP contribution in [0.2, 0.25) is 0 Å². The summed E-state index contributed by atoms with van der Waals surface area (Å²) in [6.45, 7) is 1.38. The highest BCUT2D eigenvalue weighted by Gasteiger charge is 2.34. The van der Waals surface area contributed by atoms with Gasteiger partial charge in [0.2, 0.25) is 0 Å². The molecule has 0 amide bonds. The number of piperazine rings is 1. The van der Waals surface area contributed by atoms with E-state index in [0.717, 1.165) is 12.1 Å². The third-order valence-corrected chi connectivity index (χ3v) is 2.94.